The lowest BCUT2D eigenvalue weighted by Gasteiger charge is -2.01. The van der Waals surface area contributed by atoms with E-state index in [1.165, 1.54) is 20.3 Å². The molecule has 0 N–H and O–H groups in total. The van der Waals surface area contributed by atoms with Crippen molar-refractivity contribution in [1.29, 1.82) is 0 Å². The highest BCUT2D eigenvalue weighted by Gasteiger charge is 2.06. The molecule has 0 aliphatic heterocycles. The van der Waals surface area contributed by atoms with Gasteiger partial charge in [0, 0.05) is 0 Å². The first kappa shape index (κ1) is 13.7. The molecule has 0 spiro atoms. The molecule has 4 nitrogen and oxygen atoms in total. The Morgan fingerprint density at radius 3 is 2.17 bits per heavy atom. The lowest BCUT2D eigenvalue weighted by molar-refractivity contribution is -0.135. The summed E-state index contributed by atoms with van der Waals surface area (Å²) in [5, 5.41) is 0. The molecule has 0 aromatic heterocycles. The van der Waals surface area contributed by atoms with Crippen LogP contribution in [0.15, 0.2) is 42.5 Å². The summed E-state index contributed by atoms with van der Waals surface area (Å²) in [5.74, 6) is -0.857. The normalized spacial score (nSPS) is 10.7. The van der Waals surface area contributed by atoms with Gasteiger partial charge in [0.25, 0.3) is 0 Å². The SMILES string of the molecule is C=CC(=Cc1ccc(C(=O)OC)cc1)C(=O)OC. The molecule has 0 heterocycles. The molecule has 18 heavy (non-hydrogen) atoms. The van der Waals surface area contributed by atoms with E-state index < -0.39 is 11.9 Å². The summed E-state index contributed by atoms with van der Waals surface area (Å²) < 4.78 is 9.19. The third-order valence-corrected chi connectivity index (χ3v) is 2.29. The van der Waals surface area contributed by atoms with E-state index in [1.807, 2.05) is 0 Å². The highest BCUT2D eigenvalue weighted by Crippen LogP contribution is 2.11. The zero-order valence-electron chi connectivity index (χ0n) is 10.3. The van der Waals surface area contributed by atoms with Gasteiger partial charge in [0.2, 0.25) is 0 Å². The van der Waals surface area contributed by atoms with E-state index in [0.29, 0.717) is 11.1 Å². The highest BCUT2D eigenvalue weighted by molar-refractivity contribution is 5.96. The second-order valence-corrected chi connectivity index (χ2v) is 3.41. The van der Waals surface area contributed by atoms with Crippen molar-refractivity contribution in [3.63, 3.8) is 0 Å². The number of hydrogen-bond donors (Lipinski definition) is 0. The Morgan fingerprint density at radius 2 is 1.72 bits per heavy atom. The maximum absolute atomic E-state index is 11.3. The van der Waals surface area contributed by atoms with Crippen LogP contribution < -0.4 is 0 Å². The van der Waals surface area contributed by atoms with Crippen molar-refractivity contribution in [2.24, 2.45) is 0 Å². The lowest BCUT2D eigenvalue weighted by atomic mass is 10.1. The molecule has 0 unspecified atom stereocenters. The van der Waals surface area contributed by atoms with Crippen molar-refractivity contribution in [3.05, 3.63) is 53.6 Å². The smallest absolute Gasteiger partial charge is 0.337 e. The van der Waals surface area contributed by atoms with Crippen LogP contribution in [0.2, 0.25) is 0 Å². The van der Waals surface area contributed by atoms with E-state index in [-0.39, 0.29) is 0 Å². The fourth-order valence-corrected chi connectivity index (χ4v) is 1.33. The third-order valence-electron chi connectivity index (χ3n) is 2.29. The number of hydrogen-bond acceptors (Lipinski definition) is 4. The Morgan fingerprint density at radius 1 is 1.11 bits per heavy atom. The van der Waals surface area contributed by atoms with E-state index in [9.17, 15) is 9.59 Å². The molecule has 94 valence electrons. The van der Waals surface area contributed by atoms with Gasteiger partial charge in [-0.15, -0.1) is 0 Å². The van der Waals surface area contributed by atoms with Crippen LogP contribution in [0, 0.1) is 0 Å². The van der Waals surface area contributed by atoms with Gasteiger partial charge < -0.3 is 9.47 Å². The Bertz CT molecular complexity index is 483. The number of esters is 2. The first-order chi connectivity index (χ1) is 8.62. The van der Waals surface area contributed by atoms with Crippen molar-refractivity contribution >= 4 is 18.0 Å². The van der Waals surface area contributed by atoms with Gasteiger partial charge in [0.1, 0.15) is 0 Å². The van der Waals surface area contributed by atoms with E-state index >= 15 is 0 Å². The molecule has 1 rings (SSSR count). The van der Waals surface area contributed by atoms with E-state index in [2.05, 4.69) is 16.1 Å². The molecule has 0 aliphatic carbocycles. The predicted molar refractivity (Wildman–Crippen MR) is 68.0 cm³/mol. The molecule has 0 saturated heterocycles. The maximum Gasteiger partial charge on any atom is 0.337 e. The summed E-state index contributed by atoms with van der Waals surface area (Å²) in [5.41, 5.74) is 1.57. The molecule has 0 amide bonds. The van der Waals surface area contributed by atoms with E-state index in [1.54, 1.807) is 30.3 Å². The Hall–Kier alpha value is -2.36. The van der Waals surface area contributed by atoms with Crippen LogP contribution in [0.5, 0.6) is 0 Å². The summed E-state index contributed by atoms with van der Waals surface area (Å²) in [6.07, 6.45) is 3.04. The first-order valence-electron chi connectivity index (χ1n) is 5.23. The zero-order chi connectivity index (χ0) is 13.5. The molecule has 4 heteroatoms. The maximum atomic E-state index is 11.3. The van der Waals surface area contributed by atoms with Gasteiger partial charge in [-0.3, -0.25) is 0 Å². The molecule has 0 fully saturated rings. The van der Waals surface area contributed by atoms with Gasteiger partial charge in [0.15, 0.2) is 0 Å². The molecule has 1 aromatic rings. The van der Waals surface area contributed by atoms with Gasteiger partial charge >= 0.3 is 11.9 Å². The minimum atomic E-state index is -0.456. The third kappa shape index (κ3) is 3.31. The second-order valence-electron chi connectivity index (χ2n) is 3.41. The summed E-state index contributed by atoms with van der Waals surface area (Å²) in [7, 11) is 2.63. The Labute approximate surface area is 106 Å². The fourth-order valence-electron chi connectivity index (χ4n) is 1.33. The fraction of sp³-hybridized carbons (Fsp3) is 0.143. The minimum Gasteiger partial charge on any atom is -0.465 e. The van der Waals surface area contributed by atoms with E-state index in [0.717, 1.165) is 5.56 Å². The second kappa shape index (κ2) is 6.39. The molecule has 1 aromatic carbocycles. The van der Waals surface area contributed by atoms with Crippen LogP contribution in [0.4, 0.5) is 0 Å². The molecular formula is C14H14O4. The van der Waals surface area contributed by atoms with Crippen molar-refractivity contribution < 1.29 is 19.1 Å². The number of benzene rings is 1. The van der Waals surface area contributed by atoms with Crippen LogP contribution in [-0.2, 0) is 14.3 Å². The topological polar surface area (TPSA) is 52.6 Å². The molecule has 0 atom stereocenters. The molecule has 0 bridgehead atoms. The average molecular weight is 246 g/mol. The number of methoxy groups -OCH3 is 2. The van der Waals surface area contributed by atoms with Crippen LogP contribution in [0.3, 0.4) is 0 Å². The van der Waals surface area contributed by atoms with Crippen molar-refractivity contribution in [2.75, 3.05) is 14.2 Å². The standard InChI is InChI=1S/C14H14O4/c1-4-11(13(15)17-2)9-10-5-7-12(8-6-10)14(16)18-3/h4-9H,1H2,2-3H3. The summed E-state index contributed by atoms with van der Waals surface area (Å²) in [6.45, 7) is 3.54. The van der Waals surface area contributed by atoms with Crippen LogP contribution >= 0.6 is 0 Å². The predicted octanol–water partition coefficient (Wildman–Crippen LogP) is 2.22. The minimum absolute atomic E-state index is 0.350. The van der Waals surface area contributed by atoms with Gasteiger partial charge in [-0.25, -0.2) is 9.59 Å². The zero-order valence-corrected chi connectivity index (χ0v) is 10.3. The summed E-state index contributed by atoms with van der Waals surface area (Å²) >= 11 is 0. The van der Waals surface area contributed by atoms with Crippen molar-refractivity contribution in [1.82, 2.24) is 0 Å². The van der Waals surface area contributed by atoms with Crippen molar-refractivity contribution in [2.45, 2.75) is 0 Å². The number of ether oxygens (including phenoxy) is 2. The van der Waals surface area contributed by atoms with Crippen LogP contribution in [0.25, 0.3) is 6.08 Å². The quantitative estimate of drug-likeness (QED) is 0.464. The molecular weight excluding hydrogens is 232 g/mol. The molecule has 0 saturated carbocycles. The Balaban J connectivity index is 2.98. The molecule has 0 radical (unpaired) electrons. The average Bonchev–Trinajstić information content (AvgIpc) is 2.43. The number of carbonyl (C=O) groups is 2. The highest BCUT2D eigenvalue weighted by atomic mass is 16.5. The van der Waals surface area contributed by atoms with Crippen LogP contribution in [-0.4, -0.2) is 26.2 Å². The van der Waals surface area contributed by atoms with Gasteiger partial charge in [-0.1, -0.05) is 24.8 Å². The largest absolute Gasteiger partial charge is 0.465 e. The summed E-state index contributed by atoms with van der Waals surface area (Å²) in [6, 6.07) is 6.66. The number of rotatable bonds is 4. The summed E-state index contributed by atoms with van der Waals surface area (Å²) in [4.78, 5) is 22.6. The van der Waals surface area contributed by atoms with Crippen molar-refractivity contribution in [3.8, 4) is 0 Å². The first-order valence-corrected chi connectivity index (χ1v) is 5.23. The van der Waals surface area contributed by atoms with Crippen LogP contribution in [0.1, 0.15) is 15.9 Å². The monoisotopic (exact) mass is 246 g/mol. The molecule has 0 aliphatic rings. The number of carbonyl (C=O) groups excluding carboxylic acids is 2. The van der Waals surface area contributed by atoms with Gasteiger partial charge in [-0.2, -0.15) is 0 Å². The Kier molecular flexibility index (Phi) is 4.87. The van der Waals surface area contributed by atoms with E-state index in [4.69, 9.17) is 0 Å². The van der Waals surface area contributed by atoms with Gasteiger partial charge in [-0.05, 0) is 23.8 Å². The van der Waals surface area contributed by atoms with Gasteiger partial charge in [0.05, 0.1) is 25.4 Å². The lowest BCUT2D eigenvalue weighted by Crippen LogP contribution is -2.02.